The molecule has 0 bridgehead atoms. The predicted molar refractivity (Wildman–Crippen MR) is 98.8 cm³/mol. The number of hydrogen-bond donors (Lipinski definition) is 0. The fraction of sp³-hybridized carbons (Fsp3) is 0.190. The minimum Gasteiger partial charge on any atom is -0.318 e. The van der Waals surface area contributed by atoms with Gasteiger partial charge in [-0.2, -0.15) is 5.10 Å². The number of aromatic nitrogens is 3. The van der Waals surface area contributed by atoms with Crippen LogP contribution in [0, 0.1) is 20.8 Å². The summed E-state index contributed by atoms with van der Waals surface area (Å²) in [6, 6.07) is 19.5. The molecule has 2 heterocycles. The third kappa shape index (κ3) is 2.52. The molecule has 4 rings (SSSR count). The summed E-state index contributed by atoms with van der Waals surface area (Å²) in [5, 5.41) is 5.76. The molecule has 0 aliphatic rings. The Morgan fingerprint density at radius 1 is 0.833 bits per heavy atom. The molecule has 120 valence electrons. The Bertz CT molecular complexity index is 984. The summed E-state index contributed by atoms with van der Waals surface area (Å²) in [6.07, 6.45) is 1.95. The predicted octanol–water partition coefficient (Wildman–Crippen LogP) is 4.80. The smallest absolute Gasteiger partial charge is 0.0707 e. The van der Waals surface area contributed by atoms with Crippen molar-refractivity contribution in [1.29, 1.82) is 0 Å². The maximum atomic E-state index is 4.59. The highest BCUT2D eigenvalue weighted by atomic mass is 15.3. The number of benzene rings is 2. The van der Waals surface area contributed by atoms with E-state index in [1.165, 1.54) is 39.1 Å². The van der Waals surface area contributed by atoms with Crippen LogP contribution in [0.4, 0.5) is 0 Å². The third-order valence-corrected chi connectivity index (χ3v) is 4.61. The van der Waals surface area contributed by atoms with Crippen molar-refractivity contribution in [3.8, 4) is 5.69 Å². The summed E-state index contributed by atoms with van der Waals surface area (Å²) >= 11 is 0. The van der Waals surface area contributed by atoms with Gasteiger partial charge in [-0.05, 0) is 56.7 Å². The molecular weight excluding hydrogens is 294 g/mol. The van der Waals surface area contributed by atoms with Crippen LogP contribution in [0.25, 0.3) is 16.6 Å². The molecule has 0 N–H and O–H groups in total. The average Bonchev–Trinajstić information content (AvgIpc) is 3.13. The van der Waals surface area contributed by atoms with Crippen LogP contribution in [-0.2, 0) is 6.54 Å². The van der Waals surface area contributed by atoms with Crippen LogP contribution in [0.5, 0.6) is 0 Å². The lowest BCUT2D eigenvalue weighted by molar-refractivity contribution is 0.711. The summed E-state index contributed by atoms with van der Waals surface area (Å²) in [7, 11) is 0. The first-order valence-electron chi connectivity index (χ1n) is 8.28. The van der Waals surface area contributed by atoms with Crippen molar-refractivity contribution in [2.75, 3.05) is 0 Å². The molecule has 0 aliphatic heterocycles. The summed E-state index contributed by atoms with van der Waals surface area (Å²) in [5.41, 5.74) is 7.40. The molecule has 3 nitrogen and oxygen atoms in total. The molecule has 0 atom stereocenters. The van der Waals surface area contributed by atoms with E-state index in [1.54, 1.807) is 0 Å². The van der Waals surface area contributed by atoms with E-state index in [4.69, 9.17) is 0 Å². The van der Waals surface area contributed by atoms with Crippen LogP contribution in [0.3, 0.4) is 0 Å². The Hall–Kier alpha value is -2.81. The maximum absolute atomic E-state index is 4.59. The number of rotatable bonds is 3. The van der Waals surface area contributed by atoms with Gasteiger partial charge in [0.05, 0.1) is 18.3 Å². The molecule has 4 aromatic rings. The molecule has 0 unspecified atom stereocenters. The van der Waals surface area contributed by atoms with Gasteiger partial charge in [0.1, 0.15) is 0 Å². The van der Waals surface area contributed by atoms with Crippen molar-refractivity contribution in [2.45, 2.75) is 27.3 Å². The topological polar surface area (TPSA) is 22.8 Å². The zero-order chi connectivity index (χ0) is 16.7. The van der Waals surface area contributed by atoms with E-state index >= 15 is 0 Å². The van der Waals surface area contributed by atoms with E-state index in [9.17, 15) is 0 Å². The largest absolute Gasteiger partial charge is 0.318 e. The Balaban J connectivity index is 1.77. The minimum absolute atomic E-state index is 0.789. The second-order valence-corrected chi connectivity index (χ2v) is 6.48. The lowest BCUT2D eigenvalue weighted by atomic mass is 10.1. The van der Waals surface area contributed by atoms with E-state index in [0.29, 0.717) is 0 Å². The Labute approximate surface area is 142 Å². The second-order valence-electron chi connectivity index (χ2n) is 6.48. The van der Waals surface area contributed by atoms with Gasteiger partial charge in [0, 0.05) is 22.5 Å². The molecule has 0 amide bonds. The number of nitrogens with zero attached hydrogens (tertiary/aromatic N) is 3. The van der Waals surface area contributed by atoms with E-state index in [1.807, 2.05) is 6.20 Å². The molecule has 3 heteroatoms. The molecule has 0 saturated carbocycles. The van der Waals surface area contributed by atoms with Gasteiger partial charge in [-0.25, -0.2) is 0 Å². The molecule has 0 spiro atoms. The highest BCUT2D eigenvalue weighted by Gasteiger charge is 2.08. The van der Waals surface area contributed by atoms with Crippen molar-refractivity contribution in [2.24, 2.45) is 0 Å². The van der Waals surface area contributed by atoms with Gasteiger partial charge in [0.15, 0.2) is 0 Å². The Morgan fingerprint density at radius 3 is 2.25 bits per heavy atom. The van der Waals surface area contributed by atoms with Gasteiger partial charge in [-0.1, -0.05) is 29.8 Å². The van der Waals surface area contributed by atoms with Crippen LogP contribution < -0.4 is 0 Å². The molecule has 0 radical (unpaired) electrons. The second kappa shape index (κ2) is 5.68. The molecule has 0 aliphatic carbocycles. The minimum atomic E-state index is 0.789. The van der Waals surface area contributed by atoms with Crippen molar-refractivity contribution in [3.05, 3.63) is 83.3 Å². The molecule has 24 heavy (non-hydrogen) atoms. The first-order chi connectivity index (χ1) is 11.6. The van der Waals surface area contributed by atoms with Crippen LogP contribution in [0.15, 0.2) is 60.8 Å². The number of fused-ring (bicyclic) bond motifs is 1. The molecular formula is C21H21N3. The molecule has 0 fully saturated rings. The SMILES string of the molecule is Cc1ccc(Cn2ncc3ccc(-n4c(C)ccc4C)cc32)cc1. The van der Waals surface area contributed by atoms with Crippen molar-refractivity contribution in [3.63, 3.8) is 0 Å². The van der Waals surface area contributed by atoms with Gasteiger partial charge >= 0.3 is 0 Å². The summed E-state index contributed by atoms with van der Waals surface area (Å²) < 4.78 is 4.36. The zero-order valence-electron chi connectivity index (χ0n) is 14.3. The molecule has 2 aromatic heterocycles. The van der Waals surface area contributed by atoms with Crippen molar-refractivity contribution < 1.29 is 0 Å². The van der Waals surface area contributed by atoms with Crippen LogP contribution in [-0.4, -0.2) is 14.3 Å². The van der Waals surface area contributed by atoms with E-state index in [0.717, 1.165) is 6.54 Å². The first kappa shape index (κ1) is 14.8. The van der Waals surface area contributed by atoms with Crippen molar-refractivity contribution in [1.82, 2.24) is 14.3 Å². The van der Waals surface area contributed by atoms with Gasteiger partial charge in [0.2, 0.25) is 0 Å². The summed E-state index contributed by atoms with van der Waals surface area (Å²) in [4.78, 5) is 0. The summed E-state index contributed by atoms with van der Waals surface area (Å²) in [5.74, 6) is 0. The van der Waals surface area contributed by atoms with Gasteiger partial charge in [0.25, 0.3) is 0 Å². The van der Waals surface area contributed by atoms with Crippen LogP contribution >= 0.6 is 0 Å². The molecule has 0 saturated heterocycles. The van der Waals surface area contributed by atoms with Crippen LogP contribution in [0.1, 0.15) is 22.5 Å². The highest BCUT2D eigenvalue weighted by Crippen LogP contribution is 2.22. The van der Waals surface area contributed by atoms with Gasteiger partial charge in [-0.3, -0.25) is 4.68 Å². The van der Waals surface area contributed by atoms with E-state index < -0.39 is 0 Å². The average molecular weight is 315 g/mol. The maximum Gasteiger partial charge on any atom is 0.0707 e. The Kier molecular flexibility index (Phi) is 3.49. The third-order valence-electron chi connectivity index (χ3n) is 4.61. The van der Waals surface area contributed by atoms with Crippen LogP contribution in [0.2, 0.25) is 0 Å². The van der Waals surface area contributed by atoms with E-state index in [2.05, 4.69) is 89.7 Å². The Morgan fingerprint density at radius 2 is 1.54 bits per heavy atom. The number of aryl methyl sites for hydroxylation is 3. The van der Waals surface area contributed by atoms with Gasteiger partial charge < -0.3 is 4.57 Å². The van der Waals surface area contributed by atoms with Gasteiger partial charge in [-0.15, -0.1) is 0 Å². The standard InChI is InChI=1S/C21H21N3/c1-15-4-8-18(9-5-15)14-23-21-12-20(11-10-19(21)13-22-23)24-16(2)6-7-17(24)3/h4-13H,14H2,1-3H3. The lowest BCUT2D eigenvalue weighted by Crippen LogP contribution is -2.03. The zero-order valence-corrected chi connectivity index (χ0v) is 14.3. The first-order valence-corrected chi connectivity index (χ1v) is 8.28. The summed E-state index contributed by atoms with van der Waals surface area (Å²) in [6.45, 7) is 7.18. The molecule has 2 aromatic carbocycles. The number of hydrogen-bond acceptors (Lipinski definition) is 1. The fourth-order valence-electron chi connectivity index (χ4n) is 3.27. The van der Waals surface area contributed by atoms with Crippen molar-refractivity contribution >= 4 is 10.9 Å². The normalized spacial score (nSPS) is 11.3. The lowest BCUT2D eigenvalue weighted by Gasteiger charge is -2.11. The highest BCUT2D eigenvalue weighted by molar-refractivity contribution is 5.81. The fourth-order valence-corrected chi connectivity index (χ4v) is 3.27. The van der Waals surface area contributed by atoms with E-state index in [-0.39, 0.29) is 0 Å². The monoisotopic (exact) mass is 315 g/mol. The quantitative estimate of drug-likeness (QED) is 0.532.